The Labute approximate surface area is 174 Å². The Kier molecular flexibility index (Phi) is 7.67. The summed E-state index contributed by atoms with van der Waals surface area (Å²) in [6, 6.07) is 9.30. The molecule has 2 rings (SSSR count). The molecule has 0 aromatic heterocycles. The number of benzene rings is 1. The van der Waals surface area contributed by atoms with Gasteiger partial charge in [0.05, 0.1) is 36.1 Å². The molecule has 2 atom stereocenters. The van der Waals surface area contributed by atoms with E-state index >= 15 is 0 Å². The van der Waals surface area contributed by atoms with Crippen molar-refractivity contribution in [2.75, 3.05) is 19.5 Å². The second-order valence-electron chi connectivity index (χ2n) is 5.44. The summed E-state index contributed by atoms with van der Waals surface area (Å²) in [6.45, 7) is 1.93. The van der Waals surface area contributed by atoms with Crippen LogP contribution in [0.2, 0.25) is 0 Å². The summed E-state index contributed by atoms with van der Waals surface area (Å²) < 4.78 is 10.5. The molecule has 27 heavy (non-hydrogen) atoms. The van der Waals surface area contributed by atoms with Crippen molar-refractivity contribution < 1.29 is 23.9 Å². The number of esters is 2. The Morgan fingerprint density at radius 1 is 1.37 bits per heavy atom. The fraction of sp³-hybridized carbons (Fsp3) is 0.333. The van der Waals surface area contributed by atoms with Crippen molar-refractivity contribution >= 4 is 52.2 Å². The van der Waals surface area contributed by atoms with E-state index in [1.54, 1.807) is 19.1 Å². The smallest absolute Gasteiger partial charge is 0.319 e. The normalized spacial score (nSPS) is 19.1. The quantitative estimate of drug-likeness (QED) is 0.363. The zero-order valence-electron chi connectivity index (χ0n) is 14.7. The minimum atomic E-state index is -1.19. The van der Waals surface area contributed by atoms with Crippen LogP contribution in [0.5, 0.6) is 0 Å². The van der Waals surface area contributed by atoms with Gasteiger partial charge in [0.25, 0.3) is 0 Å². The number of carbonyl (C=O) groups excluding carboxylic acids is 3. The maximum absolute atomic E-state index is 12.6. The number of nitrogens with one attached hydrogen (secondary N) is 1. The first kappa shape index (κ1) is 21.2. The molecule has 1 N–H and O–H groups in total. The van der Waals surface area contributed by atoms with Gasteiger partial charge in [-0.3, -0.25) is 14.4 Å². The van der Waals surface area contributed by atoms with Crippen molar-refractivity contribution in [1.29, 1.82) is 5.26 Å². The summed E-state index contributed by atoms with van der Waals surface area (Å²) in [7, 11) is 1.20. The van der Waals surface area contributed by atoms with Gasteiger partial charge in [-0.1, -0.05) is 30.0 Å². The van der Waals surface area contributed by atoms with Crippen molar-refractivity contribution in [2.24, 2.45) is 5.92 Å². The molecule has 1 amide bonds. The van der Waals surface area contributed by atoms with Crippen molar-refractivity contribution in [1.82, 2.24) is 5.32 Å². The third-order valence-electron chi connectivity index (χ3n) is 3.86. The first-order chi connectivity index (χ1) is 12.9. The van der Waals surface area contributed by atoms with E-state index in [0.29, 0.717) is 5.56 Å². The van der Waals surface area contributed by atoms with Crippen LogP contribution in [0.4, 0.5) is 0 Å². The van der Waals surface area contributed by atoms with Gasteiger partial charge in [0.1, 0.15) is 5.92 Å². The Bertz CT molecular complexity index is 833. The number of carbonyl (C=O) groups is 3. The Balaban J connectivity index is 2.52. The predicted molar refractivity (Wildman–Crippen MR) is 107 cm³/mol. The molecule has 0 saturated carbocycles. The van der Waals surface area contributed by atoms with Crippen molar-refractivity contribution in [2.45, 2.75) is 12.8 Å². The average molecular weight is 500 g/mol. The molecule has 0 aliphatic carbocycles. The molecule has 7 nitrogen and oxygen atoms in total. The number of nitrogens with zero attached hydrogens (tertiary/aromatic N) is 1. The van der Waals surface area contributed by atoms with Crippen LogP contribution in [0, 0.1) is 20.8 Å². The lowest BCUT2D eigenvalue weighted by molar-refractivity contribution is -0.150. The monoisotopic (exact) mass is 500 g/mol. The number of allylic oxidation sites excluding steroid dienone is 1. The van der Waals surface area contributed by atoms with E-state index in [0.717, 1.165) is 15.3 Å². The predicted octanol–water partition coefficient (Wildman–Crippen LogP) is 2.33. The highest BCUT2D eigenvalue weighted by atomic mass is 127. The van der Waals surface area contributed by atoms with E-state index in [2.05, 4.69) is 34.0 Å². The van der Waals surface area contributed by atoms with Gasteiger partial charge in [-0.15, -0.1) is 0 Å². The van der Waals surface area contributed by atoms with E-state index in [-0.39, 0.29) is 23.0 Å². The number of ether oxygens (including phenoxy) is 2. The molecule has 1 aromatic carbocycles. The summed E-state index contributed by atoms with van der Waals surface area (Å²) in [6.07, 6.45) is 0. The second-order valence-corrected chi connectivity index (χ2v) is 7.59. The second kappa shape index (κ2) is 9.75. The molecule has 9 heteroatoms. The van der Waals surface area contributed by atoms with E-state index in [4.69, 9.17) is 9.47 Å². The molecule has 0 unspecified atom stereocenters. The minimum absolute atomic E-state index is 0.0594. The van der Waals surface area contributed by atoms with Crippen LogP contribution in [0.15, 0.2) is 34.9 Å². The van der Waals surface area contributed by atoms with Gasteiger partial charge in [0, 0.05) is 9.49 Å². The number of hydrogen-bond donors (Lipinski definition) is 1. The highest BCUT2D eigenvalue weighted by Gasteiger charge is 2.45. The van der Waals surface area contributed by atoms with Crippen molar-refractivity contribution in [3.63, 3.8) is 0 Å². The first-order valence-corrected chi connectivity index (χ1v) is 10.1. The minimum Gasteiger partial charge on any atom is -0.468 e. The lowest BCUT2D eigenvalue weighted by Gasteiger charge is -2.31. The summed E-state index contributed by atoms with van der Waals surface area (Å²) >= 11 is 3.10. The number of nitriles is 1. The van der Waals surface area contributed by atoms with Crippen LogP contribution in [0.3, 0.4) is 0 Å². The summed E-state index contributed by atoms with van der Waals surface area (Å²) in [4.78, 5) is 36.6. The molecule has 0 radical (unpaired) electrons. The van der Waals surface area contributed by atoms with Gasteiger partial charge >= 0.3 is 11.9 Å². The SMILES string of the molecule is CCOC(=O)CSC1=C(C#N)[C@@H](c2ccccc2I)[C@H](C(=O)OC)C(=O)N1. The van der Waals surface area contributed by atoms with E-state index < -0.39 is 29.7 Å². The van der Waals surface area contributed by atoms with Crippen LogP contribution in [-0.4, -0.2) is 37.3 Å². The van der Waals surface area contributed by atoms with Crippen LogP contribution >= 0.6 is 34.4 Å². The largest absolute Gasteiger partial charge is 0.468 e. The zero-order valence-corrected chi connectivity index (χ0v) is 17.6. The lowest BCUT2D eigenvalue weighted by atomic mass is 9.78. The molecule has 0 spiro atoms. The fourth-order valence-electron chi connectivity index (χ4n) is 2.72. The number of thioether (sulfide) groups is 1. The molecule has 0 saturated heterocycles. The van der Waals surface area contributed by atoms with Crippen LogP contribution in [0.1, 0.15) is 18.4 Å². The molecular formula is C18H17IN2O5S. The molecule has 142 valence electrons. The van der Waals surface area contributed by atoms with Gasteiger partial charge in [0.2, 0.25) is 5.91 Å². The molecule has 0 bridgehead atoms. The molecule has 1 aliphatic rings. The highest BCUT2D eigenvalue weighted by Crippen LogP contribution is 2.41. The van der Waals surface area contributed by atoms with Gasteiger partial charge in [-0.2, -0.15) is 5.26 Å². The highest BCUT2D eigenvalue weighted by molar-refractivity contribution is 14.1. The molecule has 1 aromatic rings. The number of methoxy groups -OCH3 is 1. The topological polar surface area (TPSA) is 105 Å². The van der Waals surface area contributed by atoms with Gasteiger partial charge in [-0.25, -0.2) is 0 Å². The van der Waals surface area contributed by atoms with Crippen LogP contribution < -0.4 is 5.32 Å². The third kappa shape index (κ3) is 4.81. The summed E-state index contributed by atoms with van der Waals surface area (Å²) in [5.41, 5.74) is 0.887. The van der Waals surface area contributed by atoms with Crippen LogP contribution in [-0.2, 0) is 23.9 Å². The maximum Gasteiger partial charge on any atom is 0.319 e. The molecule has 1 heterocycles. The first-order valence-electron chi connectivity index (χ1n) is 8.00. The third-order valence-corrected chi connectivity index (χ3v) is 5.84. The lowest BCUT2D eigenvalue weighted by Crippen LogP contribution is -2.44. The molecule has 0 fully saturated rings. The van der Waals surface area contributed by atoms with E-state index in [1.165, 1.54) is 7.11 Å². The standard InChI is InChI=1S/C18H17IN2O5S/c1-3-26-13(22)9-27-17-11(8-20)14(10-6-4-5-7-12(10)19)15(16(23)21-17)18(24)25-2/h4-7,14-15H,3,9H2,1-2H3,(H,21,23)/t14-,15+/m1/s1. The number of amides is 1. The molecule has 1 aliphatic heterocycles. The zero-order chi connectivity index (χ0) is 20.0. The Morgan fingerprint density at radius 2 is 2.07 bits per heavy atom. The Morgan fingerprint density at radius 3 is 2.67 bits per heavy atom. The maximum atomic E-state index is 12.6. The van der Waals surface area contributed by atoms with Crippen molar-refractivity contribution in [3.8, 4) is 6.07 Å². The number of hydrogen-bond acceptors (Lipinski definition) is 7. The van der Waals surface area contributed by atoms with Crippen LogP contribution in [0.25, 0.3) is 0 Å². The average Bonchev–Trinajstić information content (AvgIpc) is 2.66. The van der Waals surface area contributed by atoms with Crippen molar-refractivity contribution in [3.05, 3.63) is 44.0 Å². The van der Waals surface area contributed by atoms with E-state index in [9.17, 15) is 19.6 Å². The number of halogens is 1. The summed E-state index contributed by atoms with van der Waals surface area (Å²) in [5.74, 6) is -3.80. The van der Waals surface area contributed by atoms with Gasteiger partial charge in [0.15, 0.2) is 0 Å². The molecular weight excluding hydrogens is 483 g/mol. The van der Waals surface area contributed by atoms with Gasteiger partial charge in [-0.05, 0) is 41.1 Å². The summed E-state index contributed by atoms with van der Waals surface area (Å²) in [5, 5.41) is 12.6. The number of rotatable bonds is 6. The Hall–Kier alpha value is -2.06. The van der Waals surface area contributed by atoms with Gasteiger partial charge < -0.3 is 14.8 Å². The van der Waals surface area contributed by atoms with E-state index in [1.807, 2.05) is 12.1 Å². The fourth-order valence-corrected chi connectivity index (χ4v) is 4.29.